The van der Waals surface area contributed by atoms with Crippen molar-refractivity contribution < 1.29 is 14.3 Å². The van der Waals surface area contributed by atoms with E-state index in [4.69, 9.17) is 10.5 Å². The molecule has 0 radical (unpaired) electrons. The summed E-state index contributed by atoms with van der Waals surface area (Å²) in [6, 6.07) is 1.45. The van der Waals surface area contributed by atoms with Crippen molar-refractivity contribution in [3.05, 3.63) is 24.0 Å². The Hall–Kier alpha value is -1.91. The van der Waals surface area contributed by atoms with Crippen LogP contribution in [0.15, 0.2) is 18.5 Å². The van der Waals surface area contributed by atoms with E-state index in [1.807, 2.05) is 6.92 Å². The molecular weight excluding hydrogens is 280 g/mol. The molecule has 1 aromatic heterocycles. The van der Waals surface area contributed by atoms with Gasteiger partial charge in [-0.15, -0.1) is 0 Å². The molecule has 0 aliphatic carbocycles. The van der Waals surface area contributed by atoms with Crippen LogP contribution in [0.5, 0.6) is 5.75 Å². The van der Waals surface area contributed by atoms with Gasteiger partial charge in [0.1, 0.15) is 5.75 Å². The first-order valence-electron chi connectivity index (χ1n) is 8.05. The SMILES string of the molecule is CCCCCCCC(CC)C(=O)Oc1cncc(C(N)=O)c1. The predicted molar refractivity (Wildman–Crippen MR) is 85.5 cm³/mol. The third kappa shape index (κ3) is 6.24. The molecule has 2 N–H and O–H groups in total. The van der Waals surface area contributed by atoms with Crippen LogP contribution < -0.4 is 10.5 Å². The Labute approximate surface area is 132 Å². The zero-order valence-corrected chi connectivity index (χ0v) is 13.5. The van der Waals surface area contributed by atoms with Crippen molar-refractivity contribution in [2.45, 2.75) is 58.8 Å². The standard InChI is InChI=1S/C17H26N2O3/c1-3-5-6-7-8-9-13(4-2)17(21)22-15-10-14(16(18)20)11-19-12-15/h10-13H,3-9H2,1-2H3,(H2,18,20). The van der Waals surface area contributed by atoms with Gasteiger partial charge in [0.2, 0.25) is 5.91 Å². The van der Waals surface area contributed by atoms with Gasteiger partial charge in [-0.3, -0.25) is 14.6 Å². The van der Waals surface area contributed by atoms with Crippen LogP contribution in [0.2, 0.25) is 0 Å². The van der Waals surface area contributed by atoms with Gasteiger partial charge < -0.3 is 10.5 Å². The van der Waals surface area contributed by atoms with E-state index in [0.717, 1.165) is 25.7 Å². The molecule has 0 bridgehead atoms. The van der Waals surface area contributed by atoms with Crippen molar-refractivity contribution in [2.24, 2.45) is 11.7 Å². The van der Waals surface area contributed by atoms with E-state index >= 15 is 0 Å². The molecule has 1 amide bonds. The summed E-state index contributed by atoms with van der Waals surface area (Å²) in [6.07, 6.45) is 10.2. The van der Waals surface area contributed by atoms with Gasteiger partial charge in [-0.25, -0.2) is 0 Å². The molecule has 1 atom stereocenters. The maximum atomic E-state index is 12.2. The number of nitrogens with zero attached hydrogens (tertiary/aromatic N) is 1. The summed E-state index contributed by atoms with van der Waals surface area (Å²) in [5, 5.41) is 0. The number of amides is 1. The summed E-state index contributed by atoms with van der Waals surface area (Å²) in [5.41, 5.74) is 5.42. The third-order valence-corrected chi connectivity index (χ3v) is 3.70. The normalized spacial score (nSPS) is 11.9. The van der Waals surface area contributed by atoms with E-state index in [1.54, 1.807) is 0 Å². The second-order valence-corrected chi connectivity index (χ2v) is 5.50. The summed E-state index contributed by atoms with van der Waals surface area (Å²) in [6.45, 7) is 4.16. The van der Waals surface area contributed by atoms with E-state index in [2.05, 4.69) is 11.9 Å². The Bertz CT molecular complexity index is 489. The predicted octanol–water partition coefficient (Wildman–Crippen LogP) is 3.47. The van der Waals surface area contributed by atoms with E-state index in [1.165, 1.54) is 37.7 Å². The molecule has 1 rings (SSSR count). The first-order valence-corrected chi connectivity index (χ1v) is 8.05. The summed E-state index contributed by atoms with van der Waals surface area (Å²) >= 11 is 0. The maximum absolute atomic E-state index is 12.2. The Balaban J connectivity index is 2.50. The summed E-state index contributed by atoms with van der Waals surface area (Å²) < 4.78 is 5.33. The fourth-order valence-electron chi connectivity index (χ4n) is 2.29. The number of unbranched alkanes of at least 4 members (excludes halogenated alkanes) is 4. The monoisotopic (exact) mass is 306 g/mol. The van der Waals surface area contributed by atoms with Gasteiger partial charge in [-0.2, -0.15) is 0 Å². The van der Waals surface area contributed by atoms with E-state index in [-0.39, 0.29) is 23.2 Å². The highest BCUT2D eigenvalue weighted by molar-refractivity contribution is 5.92. The molecule has 1 aromatic rings. The smallest absolute Gasteiger partial charge is 0.314 e. The van der Waals surface area contributed by atoms with Crippen LogP contribution in [0.3, 0.4) is 0 Å². The minimum Gasteiger partial charge on any atom is -0.425 e. The van der Waals surface area contributed by atoms with Gasteiger partial charge in [0.15, 0.2) is 0 Å². The summed E-state index contributed by atoms with van der Waals surface area (Å²) in [7, 11) is 0. The number of carbonyl (C=O) groups is 2. The number of hydrogen-bond donors (Lipinski definition) is 1. The number of aromatic nitrogens is 1. The molecule has 0 spiro atoms. The van der Waals surface area contributed by atoms with Crippen molar-refractivity contribution >= 4 is 11.9 Å². The average Bonchev–Trinajstić information content (AvgIpc) is 2.51. The number of carbonyl (C=O) groups excluding carboxylic acids is 2. The van der Waals surface area contributed by atoms with E-state index < -0.39 is 5.91 Å². The van der Waals surface area contributed by atoms with Gasteiger partial charge in [-0.05, 0) is 18.9 Å². The fraction of sp³-hybridized carbons (Fsp3) is 0.588. The highest BCUT2D eigenvalue weighted by Gasteiger charge is 2.19. The third-order valence-electron chi connectivity index (χ3n) is 3.70. The Morgan fingerprint density at radius 2 is 1.91 bits per heavy atom. The molecule has 0 aliphatic rings. The molecule has 1 heterocycles. The van der Waals surface area contributed by atoms with Gasteiger partial charge in [0.25, 0.3) is 0 Å². The lowest BCUT2D eigenvalue weighted by molar-refractivity contribution is -0.139. The van der Waals surface area contributed by atoms with Gasteiger partial charge in [0, 0.05) is 6.20 Å². The number of pyridine rings is 1. The van der Waals surface area contributed by atoms with Crippen LogP contribution in [0.1, 0.15) is 69.2 Å². The van der Waals surface area contributed by atoms with Crippen molar-refractivity contribution in [1.29, 1.82) is 0 Å². The van der Waals surface area contributed by atoms with Crippen LogP contribution in [-0.2, 0) is 4.79 Å². The van der Waals surface area contributed by atoms with Gasteiger partial charge in [-0.1, -0.05) is 46.0 Å². The average molecular weight is 306 g/mol. The molecule has 0 aromatic carbocycles. The van der Waals surface area contributed by atoms with Crippen LogP contribution >= 0.6 is 0 Å². The van der Waals surface area contributed by atoms with Crippen molar-refractivity contribution in [3.8, 4) is 5.75 Å². The van der Waals surface area contributed by atoms with E-state index in [0.29, 0.717) is 0 Å². The number of esters is 1. The van der Waals surface area contributed by atoms with Gasteiger partial charge in [0.05, 0.1) is 17.7 Å². The zero-order valence-electron chi connectivity index (χ0n) is 13.5. The molecule has 122 valence electrons. The van der Waals surface area contributed by atoms with Gasteiger partial charge >= 0.3 is 5.97 Å². The van der Waals surface area contributed by atoms with Crippen molar-refractivity contribution in [2.75, 3.05) is 0 Å². The number of hydrogen-bond acceptors (Lipinski definition) is 4. The second kappa shape index (κ2) is 9.92. The van der Waals surface area contributed by atoms with Crippen molar-refractivity contribution in [1.82, 2.24) is 4.98 Å². The lowest BCUT2D eigenvalue weighted by Gasteiger charge is -2.14. The first-order chi connectivity index (χ1) is 10.6. The molecule has 22 heavy (non-hydrogen) atoms. The number of nitrogens with two attached hydrogens (primary N) is 1. The first kappa shape index (κ1) is 18.1. The largest absolute Gasteiger partial charge is 0.425 e. The minimum atomic E-state index is -0.589. The molecule has 0 saturated carbocycles. The second-order valence-electron chi connectivity index (χ2n) is 5.50. The lowest BCUT2D eigenvalue weighted by Crippen LogP contribution is -2.20. The highest BCUT2D eigenvalue weighted by atomic mass is 16.5. The maximum Gasteiger partial charge on any atom is 0.314 e. The highest BCUT2D eigenvalue weighted by Crippen LogP contribution is 2.19. The molecule has 5 nitrogen and oxygen atoms in total. The lowest BCUT2D eigenvalue weighted by atomic mass is 9.98. The van der Waals surface area contributed by atoms with Crippen LogP contribution in [-0.4, -0.2) is 16.9 Å². The van der Waals surface area contributed by atoms with Crippen LogP contribution in [0.4, 0.5) is 0 Å². The Morgan fingerprint density at radius 1 is 1.18 bits per heavy atom. The zero-order chi connectivity index (χ0) is 16.4. The molecule has 5 heteroatoms. The number of primary amides is 1. The number of rotatable bonds is 10. The fourth-order valence-corrected chi connectivity index (χ4v) is 2.29. The molecule has 0 saturated heterocycles. The van der Waals surface area contributed by atoms with Crippen molar-refractivity contribution in [3.63, 3.8) is 0 Å². The molecular formula is C17H26N2O3. The quantitative estimate of drug-likeness (QED) is 0.530. The van der Waals surface area contributed by atoms with Crippen LogP contribution in [0, 0.1) is 5.92 Å². The summed E-state index contributed by atoms with van der Waals surface area (Å²) in [4.78, 5) is 27.1. The van der Waals surface area contributed by atoms with Crippen LogP contribution in [0.25, 0.3) is 0 Å². The number of ether oxygens (including phenoxy) is 1. The van der Waals surface area contributed by atoms with E-state index in [9.17, 15) is 9.59 Å². The molecule has 0 fully saturated rings. The summed E-state index contributed by atoms with van der Waals surface area (Å²) in [5.74, 6) is -0.695. The Kier molecular flexibility index (Phi) is 8.18. The molecule has 0 aliphatic heterocycles. The topological polar surface area (TPSA) is 82.3 Å². The minimum absolute atomic E-state index is 0.112. The Morgan fingerprint density at radius 3 is 2.55 bits per heavy atom. The molecule has 1 unspecified atom stereocenters.